The molecule has 16 heavy (non-hydrogen) atoms. The summed E-state index contributed by atoms with van der Waals surface area (Å²) in [5.74, 6) is -0.0237. The van der Waals surface area contributed by atoms with Crippen molar-refractivity contribution in [2.75, 3.05) is 5.75 Å². The summed E-state index contributed by atoms with van der Waals surface area (Å²) in [6, 6.07) is 6.24. The minimum absolute atomic E-state index is 0.446. The second-order valence-corrected chi connectivity index (χ2v) is 4.86. The van der Waals surface area contributed by atoms with Crippen LogP contribution in [0.25, 0.3) is 0 Å². The van der Waals surface area contributed by atoms with Crippen LogP contribution in [0.15, 0.2) is 24.3 Å². The summed E-state index contributed by atoms with van der Waals surface area (Å²) in [6.45, 7) is 1.53. The van der Waals surface area contributed by atoms with E-state index in [9.17, 15) is 13.2 Å². The van der Waals surface area contributed by atoms with E-state index in [1.54, 1.807) is 24.3 Å². The molecule has 0 aliphatic heterocycles. The molecule has 1 aromatic rings. The third-order valence-corrected chi connectivity index (χ3v) is 2.69. The lowest BCUT2D eigenvalue weighted by Gasteiger charge is -2.12. The number of benzene rings is 1. The van der Waals surface area contributed by atoms with Crippen molar-refractivity contribution in [3.05, 3.63) is 29.8 Å². The van der Waals surface area contributed by atoms with E-state index in [0.29, 0.717) is 17.6 Å². The molecule has 0 bridgehead atoms. The maximum absolute atomic E-state index is 10.6. The number of ether oxygens (including phenoxy) is 1. The largest absolute Gasteiger partial charge is 0.490 e. The van der Waals surface area contributed by atoms with Crippen LogP contribution in [0.5, 0.6) is 5.75 Å². The zero-order chi connectivity index (χ0) is 12.2. The van der Waals surface area contributed by atoms with E-state index in [-0.39, 0.29) is 0 Å². The fraction of sp³-hybridized carbons (Fsp3) is 0.300. The van der Waals surface area contributed by atoms with Crippen LogP contribution in [0.2, 0.25) is 0 Å². The molecule has 0 amide bonds. The lowest BCUT2D eigenvalue weighted by Crippen LogP contribution is -2.23. The SMILES string of the molecule is CC(CS(=O)(=O)O)Oc1ccc(C=O)cc1. The molecule has 0 radical (unpaired) electrons. The molecule has 1 rings (SSSR count). The van der Waals surface area contributed by atoms with Crippen molar-refractivity contribution >= 4 is 16.4 Å². The highest BCUT2D eigenvalue weighted by Gasteiger charge is 2.13. The highest BCUT2D eigenvalue weighted by molar-refractivity contribution is 7.85. The molecular weight excluding hydrogens is 232 g/mol. The fourth-order valence-corrected chi connectivity index (χ4v) is 1.85. The average molecular weight is 244 g/mol. The molecule has 5 nitrogen and oxygen atoms in total. The molecule has 0 aromatic heterocycles. The molecular formula is C10H12O5S. The fourth-order valence-electron chi connectivity index (χ4n) is 1.19. The molecule has 0 saturated heterocycles. The number of hydrogen-bond acceptors (Lipinski definition) is 4. The van der Waals surface area contributed by atoms with Gasteiger partial charge in [-0.2, -0.15) is 8.42 Å². The molecule has 0 fully saturated rings. The summed E-state index contributed by atoms with van der Waals surface area (Å²) in [6.07, 6.45) is 0.0443. The Bertz CT molecular complexity index is 449. The van der Waals surface area contributed by atoms with E-state index in [1.165, 1.54) is 6.92 Å². The third-order valence-electron chi connectivity index (χ3n) is 1.80. The second kappa shape index (κ2) is 5.09. The van der Waals surface area contributed by atoms with Gasteiger partial charge in [0, 0.05) is 5.56 Å². The average Bonchev–Trinajstić information content (AvgIpc) is 2.16. The van der Waals surface area contributed by atoms with Gasteiger partial charge in [-0.3, -0.25) is 9.35 Å². The van der Waals surface area contributed by atoms with Gasteiger partial charge in [0.15, 0.2) is 0 Å². The molecule has 0 saturated carbocycles. The number of hydrogen-bond donors (Lipinski definition) is 1. The van der Waals surface area contributed by atoms with Crippen LogP contribution in [-0.4, -0.2) is 31.1 Å². The van der Waals surface area contributed by atoms with Crippen molar-refractivity contribution in [2.24, 2.45) is 0 Å². The van der Waals surface area contributed by atoms with Crippen molar-refractivity contribution in [1.82, 2.24) is 0 Å². The van der Waals surface area contributed by atoms with E-state index < -0.39 is 22.0 Å². The zero-order valence-corrected chi connectivity index (χ0v) is 9.48. The van der Waals surface area contributed by atoms with Crippen LogP contribution in [0, 0.1) is 0 Å². The van der Waals surface area contributed by atoms with Gasteiger partial charge in [-0.25, -0.2) is 0 Å². The third kappa shape index (κ3) is 4.41. The highest BCUT2D eigenvalue weighted by atomic mass is 32.2. The number of carbonyl (C=O) groups is 1. The Labute approximate surface area is 93.8 Å². The molecule has 0 heterocycles. The first-order valence-electron chi connectivity index (χ1n) is 4.58. The van der Waals surface area contributed by atoms with Crippen LogP contribution in [0.3, 0.4) is 0 Å². The lowest BCUT2D eigenvalue weighted by atomic mass is 10.2. The van der Waals surface area contributed by atoms with E-state index in [4.69, 9.17) is 9.29 Å². The van der Waals surface area contributed by atoms with Crippen molar-refractivity contribution in [3.8, 4) is 5.75 Å². The van der Waals surface area contributed by atoms with Gasteiger partial charge in [0.2, 0.25) is 0 Å². The van der Waals surface area contributed by atoms with Crippen LogP contribution < -0.4 is 4.74 Å². The standard InChI is InChI=1S/C10H12O5S/c1-8(7-16(12,13)14)15-10-4-2-9(6-11)3-5-10/h2-6,8H,7H2,1H3,(H,12,13,14). The van der Waals surface area contributed by atoms with Crippen LogP contribution in [-0.2, 0) is 10.1 Å². The molecule has 6 heteroatoms. The Morgan fingerprint density at radius 2 is 1.94 bits per heavy atom. The van der Waals surface area contributed by atoms with Gasteiger partial charge in [0.05, 0.1) is 0 Å². The van der Waals surface area contributed by atoms with Crippen LogP contribution >= 0.6 is 0 Å². The first-order valence-corrected chi connectivity index (χ1v) is 6.18. The molecule has 1 unspecified atom stereocenters. The molecule has 1 atom stereocenters. The predicted octanol–water partition coefficient (Wildman–Crippen LogP) is 1.15. The van der Waals surface area contributed by atoms with Crippen molar-refractivity contribution < 1.29 is 22.5 Å². The molecule has 1 aromatic carbocycles. The Kier molecular flexibility index (Phi) is 4.03. The maximum Gasteiger partial charge on any atom is 0.268 e. The summed E-state index contributed by atoms with van der Waals surface area (Å²) in [4.78, 5) is 10.4. The van der Waals surface area contributed by atoms with Gasteiger partial charge in [0.25, 0.3) is 10.1 Å². The van der Waals surface area contributed by atoms with Crippen LogP contribution in [0.1, 0.15) is 17.3 Å². The van der Waals surface area contributed by atoms with Gasteiger partial charge in [0.1, 0.15) is 23.9 Å². The number of aldehydes is 1. The zero-order valence-electron chi connectivity index (χ0n) is 8.66. The monoisotopic (exact) mass is 244 g/mol. The lowest BCUT2D eigenvalue weighted by molar-refractivity contribution is 0.112. The first kappa shape index (κ1) is 12.7. The summed E-state index contributed by atoms with van der Waals surface area (Å²) < 4.78 is 35.0. The minimum atomic E-state index is -4.04. The Morgan fingerprint density at radius 3 is 2.38 bits per heavy atom. The Morgan fingerprint density at radius 1 is 1.38 bits per heavy atom. The van der Waals surface area contributed by atoms with E-state index in [0.717, 1.165) is 0 Å². The van der Waals surface area contributed by atoms with Gasteiger partial charge in [-0.1, -0.05) is 0 Å². The van der Waals surface area contributed by atoms with Crippen molar-refractivity contribution in [1.29, 1.82) is 0 Å². The summed E-state index contributed by atoms with van der Waals surface area (Å²) in [5.41, 5.74) is 0.509. The predicted molar refractivity (Wildman–Crippen MR) is 58.3 cm³/mol. The topological polar surface area (TPSA) is 80.7 Å². The Balaban J connectivity index is 2.62. The highest BCUT2D eigenvalue weighted by Crippen LogP contribution is 2.13. The molecule has 1 N–H and O–H groups in total. The summed E-state index contributed by atoms with van der Waals surface area (Å²) in [7, 11) is -4.04. The van der Waals surface area contributed by atoms with E-state index in [2.05, 4.69) is 0 Å². The Hall–Kier alpha value is -1.40. The first-order chi connectivity index (χ1) is 7.40. The number of carbonyl (C=O) groups excluding carboxylic acids is 1. The van der Waals surface area contributed by atoms with Crippen molar-refractivity contribution in [3.63, 3.8) is 0 Å². The maximum atomic E-state index is 10.6. The van der Waals surface area contributed by atoms with Gasteiger partial charge >= 0.3 is 0 Å². The molecule has 0 aliphatic rings. The summed E-state index contributed by atoms with van der Waals surface area (Å²) in [5, 5.41) is 0. The molecule has 0 aliphatic carbocycles. The molecule has 88 valence electrons. The molecule has 0 spiro atoms. The number of rotatable bonds is 5. The minimum Gasteiger partial charge on any atom is -0.490 e. The summed E-state index contributed by atoms with van der Waals surface area (Å²) >= 11 is 0. The van der Waals surface area contributed by atoms with Crippen molar-refractivity contribution in [2.45, 2.75) is 13.0 Å². The second-order valence-electron chi connectivity index (χ2n) is 3.36. The van der Waals surface area contributed by atoms with Gasteiger partial charge < -0.3 is 4.74 Å². The van der Waals surface area contributed by atoms with E-state index in [1.807, 2.05) is 0 Å². The van der Waals surface area contributed by atoms with Gasteiger partial charge in [-0.05, 0) is 31.2 Å². The quantitative estimate of drug-likeness (QED) is 0.620. The smallest absolute Gasteiger partial charge is 0.268 e. The van der Waals surface area contributed by atoms with Crippen LogP contribution in [0.4, 0.5) is 0 Å². The van der Waals surface area contributed by atoms with E-state index >= 15 is 0 Å². The normalized spacial score (nSPS) is 13.1. The van der Waals surface area contributed by atoms with Gasteiger partial charge in [-0.15, -0.1) is 0 Å².